The minimum atomic E-state index is -3.73. The molecule has 0 aliphatic heterocycles. The zero-order chi connectivity index (χ0) is 15.9. The quantitative estimate of drug-likeness (QED) is 0.427. The molecule has 0 saturated heterocycles. The van der Waals surface area contributed by atoms with Crippen molar-refractivity contribution in [2.24, 2.45) is 0 Å². The van der Waals surface area contributed by atoms with Gasteiger partial charge in [0.05, 0.1) is 20.3 Å². The molecule has 1 aromatic rings. The lowest BCUT2D eigenvalue weighted by Crippen LogP contribution is -2.09. The molecule has 0 amide bonds. The van der Waals surface area contributed by atoms with Gasteiger partial charge in [-0.15, -0.1) is 0 Å². The van der Waals surface area contributed by atoms with E-state index in [1.54, 1.807) is 38.1 Å². The van der Waals surface area contributed by atoms with Crippen LogP contribution in [-0.4, -0.2) is 26.3 Å². The van der Waals surface area contributed by atoms with Crippen molar-refractivity contribution in [2.45, 2.75) is 13.8 Å². The Morgan fingerprint density at radius 1 is 1.19 bits per heavy atom. The summed E-state index contributed by atoms with van der Waals surface area (Å²) >= 11 is 5.81. The van der Waals surface area contributed by atoms with E-state index in [2.05, 4.69) is 4.74 Å². The van der Waals surface area contributed by atoms with Crippen molar-refractivity contribution < 1.29 is 23.1 Å². The van der Waals surface area contributed by atoms with Crippen LogP contribution >= 0.6 is 19.2 Å². The van der Waals surface area contributed by atoms with E-state index >= 15 is 0 Å². The van der Waals surface area contributed by atoms with Crippen LogP contribution in [0.1, 0.15) is 19.4 Å². The van der Waals surface area contributed by atoms with Gasteiger partial charge in [-0.1, -0.05) is 23.7 Å². The lowest BCUT2D eigenvalue weighted by atomic mass is 10.2. The van der Waals surface area contributed by atoms with E-state index in [9.17, 15) is 9.36 Å². The molecule has 5 nitrogen and oxygen atoms in total. The van der Waals surface area contributed by atoms with E-state index < -0.39 is 13.6 Å². The Morgan fingerprint density at radius 2 is 1.71 bits per heavy atom. The zero-order valence-corrected chi connectivity index (χ0v) is 13.8. The fourth-order valence-corrected chi connectivity index (χ4v) is 3.37. The maximum absolute atomic E-state index is 12.7. The molecule has 0 aromatic heterocycles. The SMILES string of the molecule is CCOP(=O)(OCC)/C(=C/c1ccc(Cl)cc1)C(=O)OC. The first-order valence-electron chi connectivity index (χ1n) is 6.42. The van der Waals surface area contributed by atoms with Crippen molar-refractivity contribution in [3.05, 3.63) is 40.2 Å². The molecule has 0 atom stereocenters. The number of methoxy groups -OCH3 is 1. The van der Waals surface area contributed by atoms with E-state index in [0.29, 0.717) is 10.6 Å². The number of halogens is 1. The molecule has 1 rings (SSSR count). The number of esters is 1. The van der Waals surface area contributed by atoms with Crippen molar-refractivity contribution in [3.8, 4) is 0 Å². The number of ether oxygens (including phenoxy) is 1. The molecule has 0 unspecified atom stereocenters. The number of carbonyl (C=O) groups excluding carboxylic acids is 1. The van der Waals surface area contributed by atoms with Gasteiger partial charge in [-0.25, -0.2) is 4.79 Å². The van der Waals surface area contributed by atoms with Gasteiger partial charge in [0.25, 0.3) is 0 Å². The second kappa shape index (κ2) is 8.35. The van der Waals surface area contributed by atoms with Gasteiger partial charge in [-0.3, -0.25) is 4.57 Å². The molecule has 116 valence electrons. The summed E-state index contributed by atoms with van der Waals surface area (Å²) in [4.78, 5) is 11.9. The van der Waals surface area contributed by atoms with Crippen LogP contribution in [-0.2, 0) is 23.1 Å². The maximum atomic E-state index is 12.7. The fraction of sp³-hybridized carbons (Fsp3) is 0.357. The van der Waals surface area contributed by atoms with Gasteiger partial charge < -0.3 is 13.8 Å². The van der Waals surface area contributed by atoms with E-state index in [1.807, 2.05) is 0 Å². The Hall–Kier alpha value is -1.13. The minimum Gasteiger partial charge on any atom is -0.465 e. The van der Waals surface area contributed by atoms with Gasteiger partial charge in [0.15, 0.2) is 0 Å². The summed E-state index contributed by atoms with van der Waals surface area (Å²) in [5, 5.41) is 0.417. The largest absolute Gasteiger partial charge is 0.465 e. The van der Waals surface area contributed by atoms with Crippen molar-refractivity contribution in [3.63, 3.8) is 0 Å². The van der Waals surface area contributed by atoms with Crippen LogP contribution in [0.2, 0.25) is 5.02 Å². The minimum absolute atomic E-state index is 0.143. The zero-order valence-electron chi connectivity index (χ0n) is 12.2. The van der Waals surface area contributed by atoms with E-state index in [0.717, 1.165) is 0 Å². The van der Waals surface area contributed by atoms with E-state index in [1.165, 1.54) is 13.2 Å². The number of benzene rings is 1. The predicted octanol–water partition coefficient (Wildman–Crippen LogP) is 4.12. The summed E-state index contributed by atoms with van der Waals surface area (Å²) in [7, 11) is -2.52. The van der Waals surface area contributed by atoms with Gasteiger partial charge in [-0.2, -0.15) is 0 Å². The molecule has 0 radical (unpaired) electrons. The van der Waals surface area contributed by atoms with Crippen LogP contribution in [0.3, 0.4) is 0 Å². The molecule has 1 aromatic carbocycles. The van der Waals surface area contributed by atoms with E-state index in [-0.39, 0.29) is 18.5 Å². The van der Waals surface area contributed by atoms with Crippen molar-refractivity contribution >= 4 is 31.2 Å². The summed E-state index contributed by atoms with van der Waals surface area (Å²) in [6.45, 7) is 3.63. The molecule has 0 aliphatic rings. The van der Waals surface area contributed by atoms with Gasteiger partial charge >= 0.3 is 13.6 Å². The monoisotopic (exact) mass is 332 g/mol. The number of rotatable bonds is 7. The normalized spacial score (nSPS) is 12.3. The van der Waals surface area contributed by atoms with Crippen molar-refractivity contribution in [1.82, 2.24) is 0 Å². The predicted molar refractivity (Wildman–Crippen MR) is 82.3 cm³/mol. The third-order valence-corrected chi connectivity index (χ3v) is 4.81. The Labute approximate surface area is 129 Å². The second-order valence-corrected chi connectivity index (χ2v) is 6.34. The number of hydrogen-bond acceptors (Lipinski definition) is 5. The Balaban J connectivity index is 3.29. The maximum Gasteiger partial charge on any atom is 0.368 e. The Bertz CT molecular complexity index is 543. The van der Waals surface area contributed by atoms with Crippen LogP contribution in [0.25, 0.3) is 6.08 Å². The van der Waals surface area contributed by atoms with Crippen LogP contribution in [0.4, 0.5) is 0 Å². The average molecular weight is 333 g/mol. The van der Waals surface area contributed by atoms with Gasteiger partial charge in [0.1, 0.15) is 5.31 Å². The molecule has 0 saturated carbocycles. The van der Waals surface area contributed by atoms with Crippen LogP contribution in [0, 0.1) is 0 Å². The highest BCUT2D eigenvalue weighted by atomic mass is 35.5. The first kappa shape index (κ1) is 17.9. The topological polar surface area (TPSA) is 61.8 Å². The molecule has 21 heavy (non-hydrogen) atoms. The molecule has 0 bridgehead atoms. The summed E-state index contributed by atoms with van der Waals surface area (Å²) in [5.41, 5.74) is 0.638. The first-order valence-corrected chi connectivity index (χ1v) is 8.34. The smallest absolute Gasteiger partial charge is 0.368 e. The molecule has 7 heteroatoms. The van der Waals surface area contributed by atoms with Gasteiger partial charge in [0.2, 0.25) is 0 Å². The van der Waals surface area contributed by atoms with Gasteiger partial charge in [0, 0.05) is 5.02 Å². The molecular formula is C14H18ClO5P. The molecular weight excluding hydrogens is 315 g/mol. The number of carbonyl (C=O) groups is 1. The standard InChI is InChI=1S/C14H18ClO5P/c1-4-19-21(17,20-5-2)13(14(16)18-3)10-11-6-8-12(15)9-7-11/h6-10H,4-5H2,1-3H3/b13-10+. The summed E-state index contributed by atoms with van der Waals surface area (Å²) in [6.07, 6.45) is 1.42. The molecule has 0 heterocycles. The summed E-state index contributed by atoms with van der Waals surface area (Å²) in [6, 6.07) is 6.70. The highest BCUT2D eigenvalue weighted by Gasteiger charge is 2.35. The summed E-state index contributed by atoms with van der Waals surface area (Å²) in [5.74, 6) is -0.754. The van der Waals surface area contributed by atoms with Crippen molar-refractivity contribution in [1.29, 1.82) is 0 Å². The fourth-order valence-electron chi connectivity index (χ4n) is 1.59. The third-order valence-electron chi connectivity index (χ3n) is 2.46. The lowest BCUT2D eigenvalue weighted by Gasteiger charge is -2.18. The van der Waals surface area contributed by atoms with Gasteiger partial charge in [-0.05, 0) is 37.6 Å². The summed E-state index contributed by atoms with van der Waals surface area (Å²) < 4.78 is 27.8. The number of hydrogen-bond donors (Lipinski definition) is 0. The highest BCUT2D eigenvalue weighted by molar-refractivity contribution is 7.60. The van der Waals surface area contributed by atoms with Crippen LogP contribution in [0.15, 0.2) is 29.6 Å². The van der Waals surface area contributed by atoms with Crippen molar-refractivity contribution in [2.75, 3.05) is 20.3 Å². The highest BCUT2D eigenvalue weighted by Crippen LogP contribution is 2.56. The third kappa shape index (κ3) is 4.97. The van der Waals surface area contributed by atoms with Crippen LogP contribution in [0.5, 0.6) is 0 Å². The molecule has 0 spiro atoms. The lowest BCUT2D eigenvalue weighted by molar-refractivity contribution is -0.135. The molecule has 0 aliphatic carbocycles. The van der Waals surface area contributed by atoms with E-state index in [4.69, 9.17) is 20.6 Å². The average Bonchev–Trinajstić information content (AvgIpc) is 2.46. The Kier molecular flexibility index (Phi) is 7.12. The second-order valence-electron chi connectivity index (χ2n) is 3.91. The van der Waals surface area contributed by atoms with Crippen LogP contribution < -0.4 is 0 Å². The molecule has 0 fully saturated rings. The molecule has 0 N–H and O–H groups in total. The Morgan fingerprint density at radius 3 is 2.14 bits per heavy atom. The first-order chi connectivity index (χ1) is 9.96.